The molecule has 170 valence electrons. The molecule has 2 aromatic heterocycles. The van der Waals surface area contributed by atoms with Crippen LogP contribution in [0.5, 0.6) is 0 Å². The maximum atomic E-state index is 13.7. The average Bonchev–Trinajstić information content (AvgIpc) is 3.13. The highest BCUT2D eigenvalue weighted by atomic mass is 19.4. The molecule has 0 saturated heterocycles. The van der Waals surface area contributed by atoms with E-state index in [9.17, 15) is 18.0 Å². The number of halogens is 3. The first-order chi connectivity index (χ1) is 15.3. The number of rotatable bonds is 7. The number of hydrogen-bond acceptors (Lipinski definition) is 6. The van der Waals surface area contributed by atoms with Crippen molar-refractivity contribution in [3.63, 3.8) is 0 Å². The Kier molecular flexibility index (Phi) is 5.06. The second-order valence-corrected chi connectivity index (χ2v) is 8.59. The van der Waals surface area contributed by atoms with Crippen molar-refractivity contribution in [1.29, 1.82) is 0 Å². The van der Waals surface area contributed by atoms with Gasteiger partial charge in [-0.25, -0.2) is 4.98 Å². The zero-order chi connectivity index (χ0) is 22.5. The van der Waals surface area contributed by atoms with E-state index in [0.717, 1.165) is 25.5 Å². The van der Waals surface area contributed by atoms with Gasteiger partial charge in [0.05, 0.1) is 17.8 Å². The van der Waals surface area contributed by atoms with Crippen LogP contribution in [-0.2, 0) is 17.5 Å². The predicted molar refractivity (Wildman–Crippen MR) is 111 cm³/mol. The molecule has 2 bridgehead atoms. The van der Waals surface area contributed by atoms with Gasteiger partial charge >= 0.3 is 6.18 Å². The average molecular weight is 447 g/mol. The number of alkyl halides is 3. The summed E-state index contributed by atoms with van der Waals surface area (Å²) in [6.45, 7) is 2.58. The Labute approximate surface area is 182 Å². The third-order valence-electron chi connectivity index (χ3n) is 6.30. The second-order valence-electron chi connectivity index (χ2n) is 8.59. The van der Waals surface area contributed by atoms with Gasteiger partial charge in [0.25, 0.3) is 0 Å². The van der Waals surface area contributed by atoms with Crippen LogP contribution in [0.3, 0.4) is 0 Å². The van der Waals surface area contributed by atoms with Crippen LogP contribution in [0.2, 0.25) is 0 Å². The molecule has 8 nitrogen and oxygen atoms in total. The Morgan fingerprint density at radius 2 is 2.00 bits per heavy atom. The Morgan fingerprint density at radius 3 is 2.69 bits per heavy atom. The molecule has 4 unspecified atom stereocenters. The molecule has 32 heavy (non-hydrogen) atoms. The quantitative estimate of drug-likeness (QED) is 0.564. The van der Waals surface area contributed by atoms with Crippen LogP contribution in [0, 0.1) is 17.8 Å². The van der Waals surface area contributed by atoms with Gasteiger partial charge in [-0.2, -0.15) is 23.3 Å². The zero-order valence-corrected chi connectivity index (χ0v) is 17.4. The van der Waals surface area contributed by atoms with E-state index >= 15 is 0 Å². The molecule has 1 amide bonds. The van der Waals surface area contributed by atoms with Crippen molar-refractivity contribution >= 4 is 23.4 Å². The molecule has 0 radical (unpaired) electrons. The molecule has 2 saturated carbocycles. The van der Waals surface area contributed by atoms with Crippen molar-refractivity contribution in [3.8, 4) is 0 Å². The van der Waals surface area contributed by atoms with Crippen molar-refractivity contribution in [2.75, 3.05) is 10.6 Å². The van der Waals surface area contributed by atoms with Crippen LogP contribution < -0.4 is 16.0 Å². The number of aryl methyl sites for hydroxylation is 1. The first kappa shape index (κ1) is 20.8. The van der Waals surface area contributed by atoms with Crippen LogP contribution in [0.25, 0.3) is 0 Å². The predicted octanol–water partition coefficient (Wildman–Crippen LogP) is 3.34. The number of anilines is 3. The summed E-state index contributed by atoms with van der Waals surface area (Å²) in [7, 11) is 0. The summed E-state index contributed by atoms with van der Waals surface area (Å²) >= 11 is 0. The molecule has 5 rings (SSSR count). The van der Waals surface area contributed by atoms with Gasteiger partial charge in [-0.15, -0.1) is 0 Å². The van der Waals surface area contributed by atoms with Gasteiger partial charge in [0.15, 0.2) is 0 Å². The molecule has 0 aliphatic heterocycles. The maximum Gasteiger partial charge on any atom is 0.421 e. The van der Waals surface area contributed by atoms with Gasteiger partial charge in [-0.05, 0) is 38.0 Å². The van der Waals surface area contributed by atoms with Gasteiger partial charge < -0.3 is 16.0 Å². The minimum atomic E-state index is -4.63. The largest absolute Gasteiger partial charge is 0.421 e. The van der Waals surface area contributed by atoms with Crippen LogP contribution >= 0.6 is 0 Å². The summed E-state index contributed by atoms with van der Waals surface area (Å²) < 4.78 is 42.8. The van der Waals surface area contributed by atoms with Crippen LogP contribution in [0.4, 0.5) is 30.6 Å². The summed E-state index contributed by atoms with van der Waals surface area (Å²) in [6, 6.07) is -0.272. The summed E-state index contributed by atoms with van der Waals surface area (Å²) in [6.07, 6.45) is 6.04. The molecule has 2 heterocycles. The van der Waals surface area contributed by atoms with Crippen molar-refractivity contribution < 1.29 is 18.0 Å². The molecular weight excluding hydrogens is 423 g/mol. The number of fused-ring (bicyclic) bond motifs is 2. The highest BCUT2D eigenvalue weighted by molar-refractivity contribution is 5.82. The summed E-state index contributed by atoms with van der Waals surface area (Å²) in [5, 5.41) is 13.0. The summed E-state index contributed by atoms with van der Waals surface area (Å²) in [5.74, 6) is -0.840. The fourth-order valence-corrected chi connectivity index (χ4v) is 4.55. The molecule has 3 aliphatic rings. The van der Waals surface area contributed by atoms with E-state index in [1.165, 1.54) is 0 Å². The van der Waals surface area contributed by atoms with E-state index in [4.69, 9.17) is 0 Å². The van der Waals surface area contributed by atoms with E-state index in [1.807, 2.05) is 19.1 Å². The number of hydrogen-bond donors (Lipinski definition) is 3. The molecular formula is C21H24F3N7O. The molecule has 3 N–H and O–H groups in total. The molecule has 2 aromatic rings. The van der Waals surface area contributed by atoms with Gasteiger partial charge in [0.2, 0.25) is 11.9 Å². The number of carbonyl (C=O) groups is 1. The summed E-state index contributed by atoms with van der Waals surface area (Å²) in [4.78, 5) is 20.8. The van der Waals surface area contributed by atoms with Crippen LogP contribution in [0.1, 0.15) is 31.7 Å². The minimum Gasteiger partial charge on any atom is -0.365 e. The van der Waals surface area contributed by atoms with Crippen LogP contribution in [0.15, 0.2) is 30.7 Å². The Hall–Kier alpha value is -3.11. The SMILES string of the molecule is CCn1cc(Nc2ncc(C(F)(F)F)c(NC3C4C=CC(C4)C3C(=O)NC3CC3)n2)cn1. The van der Waals surface area contributed by atoms with Gasteiger partial charge in [0.1, 0.15) is 11.4 Å². The molecule has 11 heteroatoms. The van der Waals surface area contributed by atoms with E-state index in [2.05, 4.69) is 31.0 Å². The lowest BCUT2D eigenvalue weighted by Gasteiger charge is -2.29. The topological polar surface area (TPSA) is 96.8 Å². The highest BCUT2D eigenvalue weighted by Crippen LogP contribution is 2.46. The number of nitrogens with one attached hydrogen (secondary N) is 3. The number of nitrogens with zero attached hydrogens (tertiary/aromatic N) is 4. The monoisotopic (exact) mass is 447 g/mol. The standard InChI is InChI=1S/C21H24F3N7O/c1-2-31-10-14(8-26-31)28-20-25-9-15(21(22,23)24)18(30-20)29-17-12-4-3-11(7-12)16(17)19(32)27-13-5-6-13/h3-4,8-13,16-17H,2,5-7H2,1H3,(H,27,32)(H2,25,28,29,30). The molecule has 0 spiro atoms. The number of allylic oxidation sites excluding steroid dienone is 1. The molecule has 4 atom stereocenters. The lowest BCUT2D eigenvalue weighted by molar-refractivity contribution is -0.137. The van der Waals surface area contributed by atoms with Gasteiger partial charge in [0, 0.05) is 31.0 Å². The van der Waals surface area contributed by atoms with Gasteiger partial charge in [-0.3, -0.25) is 9.48 Å². The van der Waals surface area contributed by atoms with Crippen molar-refractivity contribution in [2.24, 2.45) is 17.8 Å². The van der Waals surface area contributed by atoms with Gasteiger partial charge in [-0.1, -0.05) is 12.2 Å². The third-order valence-corrected chi connectivity index (χ3v) is 6.30. The summed E-state index contributed by atoms with van der Waals surface area (Å²) in [5.41, 5.74) is -0.387. The Bertz CT molecular complexity index is 1050. The first-order valence-electron chi connectivity index (χ1n) is 10.8. The zero-order valence-electron chi connectivity index (χ0n) is 17.4. The number of amides is 1. The number of carbonyl (C=O) groups excluding carboxylic acids is 1. The Morgan fingerprint density at radius 1 is 1.22 bits per heavy atom. The second kappa shape index (κ2) is 7.79. The highest BCUT2D eigenvalue weighted by Gasteiger charge is 2.50. The molecule has 3 aliphatic carbocycles. The van der Waals surface area contributed by atoms with Crippen molar-refractivity contribution in [1.82, 2.24) is 25.1 Å². The van der Waals surface area contributed by atoms with Crippen molar-refractivity contribution in [3.05, 3.63) is 36.3 Å². The normalized spacial score (nSPS) is 26.4. The Balaban J connectivity index is 1.42. The lowest BCUT2D eigenvalue weighted by atomic mass is 9.88. The maximum absolute atomic E-state index is 13.7. The fourth-order valence-electron chi connectivity index (χ4n) is 4.55. The first-order valence-corrected chi connectivity index (χ1v) is 10.8. The van der Waals surface area contributed by atoms with E-state index in [-0.39, 0.29) is 35.6 Å². The van der Waals surface area contributed by atoms with Crippen LogP contribution in [-0.4, -0.2) is 37.7 Å². The smallest absolute Gasteiger partial charge is 0.365 e. The lowest BCUT2D eigenvalue weighted by Crippen LogP contribution is -2.44. The van der Waals surface area contributed by atoms with E-state index in [1.54, 1.807) is 17.1 Å². The minimum absolute atomic E-state index is 0.0184. The fraction of sp³-hybridized carbons (Fsp3) is 0.524. The number of aromatic nitrogens is 4. The molecule has 2 fully saturated rings. The third kappa shape index (κ3) is 4.03. The van der Waals surface area contributed by atoms with Crippen molar-refractivity contribution in [2.45, 2.75) is 51.0 Å². The molecule has 0 aromatic carbocycles. The van der Waals surface area contributed by atoms with E-state index < -0.39 is 23.7 Å². The van der Waals surface area contributed by atoms with E-state index in [0.29, 0.717) is 12.2 Å².